The van der Waals surface area contributed by atoms with E-state index in [0.29, 0.717) is 12.8 Å². The number of rotatable bonds is 17. The predicted molar refractivity (Wildman–Crippen MR) is 101 cm³/mol. The smallest absolute Gasteiger partial charge is 0.220 e. The summed E-state index contributed by atoms with van der Waals surface area (Å²) in [7, 11) is 0. The van der Waals surface area contributed by atoms with E-state index in [-0.39, 0.29) is 12.5 Å². The normalized spacial score (nSPS) is 13.7. The van der Waals surface area contributed by atoms with Gasteiger partial charge < -0.3 is 15.5 Å². The second-order valence-electron chi connectivity index (χ2n) is 7.00. The summed E-state index contributed by atoms with van der Waals surface area (Å²) >= 11 is 0. The second-order valence-corrected chi connectivity index (χ2v) is 7.00. The van der Waals surface area contributed by atoms with Crippen LogP contribution in [0.15, 0.2) is 0 Å². The van der Waals surface area contributed by atoms with Gasteiger partial charge in [-0.05, 0) is 12.8 Å². The maximum Gasteiger partial charge on any atom is 0.220 e. The van der Waals surface area contributed by atoms with Crippen molar-refractivity contribution in [3.8, 4) is 0 Å². The summed E-state index contributed by atoms with van der Waals surface area (Å²) in [6, 6.07) is -0.520. The molecule has 4 nitrogen and oxygen atoms in total. The zero-order chi connectivity index (χ0) is 18.0. The first-order valence-corrected chi connectivity index (χ1v) is 10.2. The summed E-state index contributed by atoms with van der Waals surface area (Å²) in [6.07, 6.45) is 14.7. The Bertz CT molecular complexity index is 284. The predicted octanol–water partition coefficient (Wildman–Crippen LogP) is 4.33. The van der Waals surface area contributed by atoms with Crippen molar-refractivity contribution in [2.75, 3.05) is 6.61 Å². The molecule has 24 heavy (non-hydrogen) atoms. The van der Waals surface area contributed by atoms with Crippen molar-refractivity contribution in [1.29, 1.82) is 0 Å². The molecule has 1 amide bonds. The molecular formula is C20H41NO3. The van der Waals surface area contributed by atoms with Gasteiger partial charge in [0.2, 0.25) is 5.91 Å². The van der Waals surface area contributed by atoms with Crippen molar-refractivity contribution in [3.05, 3.63) is 0 Å². The fourth-order valence-electron chi connectivity index (χ4n) is 2.94. The SMILES string of the molecule is CCCCCCCCCCCC(=O)NC(CO)C(O)CCCCC. The van der Waals surface area contributed by atoms with E-state index < -0.39 is 12.1 Å². The minimum atomic E-state index is -0.645. The van der Waals surface area contributed by atoms with Crippen LogP contribution in [-0.2, 0) is 4.79 Å². The molecule has 0 heterocycles. The van der Waals surface area contributed by atoms with Crippen LogP contribution in [0.3, 0.4) is 0 Å². The standard InChI is InChI=1S/C20H41NO3/c1-3-5-7-8-9-10-11-12-14-16-20(24)21-18(17-22)19(23)15-13-6-4-2/h18-19,22-23H,3-17H2,1-2H3,(H,21,24). The lowest BCUT2D eigenvalue weighted by atomic mass is 10.0. The molecule has 3 N–H and O–H groups in total. The molecular weight excluding hydrogens is 302 g/mol. The molecule has 0 aromatic rings. The largest absolute Gasteiger partial charge is 0.394 e. The maximum atomic E-state index is 11.9. The maximum absolute atomic E-state index is 11.9. The van der Waals surface area contributed by atoms with Gasteiger partial charge in [-0.2, -0.15) is 0 Å². The quantitative estimate of drug-likeness (QED) is 0.344. The first-order chi connectivity index (χ1) is 11.7. The van der Waals surface area contributed by atoms with Crippen LogP contribution in [0.5, 0.6) is 0 Å². The number of nitrogens with one attached hydrogen (secondary N) is 1. The van der Waals surface area contributed by atoms with Crippen molar-refractivity contribution >= 4 is 5.91 Å². The van der Waals surface area contributed by atoms with Crippen LogP contribution >= 0.6 is 0 Å². The number of hydrogen-bond acceptors (Lipinski definition) is 3. The Morgan fingerprint density at radius 3 is 1.88 bits per heavy atom. The van der Waals surface area contributed by atoms with E-state index in [1.807, 2.05) is 0 Å². The zero-order valence-electron chi connectivity index (χ0n) is 16.1. The van der Waals surface area contributed by atoms with E-state index in [4.69, 9.17) is 0 Å². The van der Waals surface area contributed by atoms with Crippen molar-refractivity contribution in [1.82, 2.24) is 5.32 Å². The molecule has 4 heteroatoms. The number of hydrogen-bond donors (Lipinski definition) is 3. The lowest BCUT2D eigenvalue weighted by molar-refractivity contribution is -0.123. The average molecular weight is 344 g/mol. The monoisotopic (exact) mass is 343 g/mol. The van der Waals surface area contributed by atoms with Crippen LogP contribution in [0.25, 0.3) is 0 Å². The van der Waals surface area contributed by atoms with Crippen molar-refractivity contribution in [2.24, 2.45) is 0 Å². The Kier molecular flexibility index (Phi) is 16.8. The number of amides is 1. The minimum Gasteiger partial charge on any atom is -0.394 e. The Morgan fingerprint density at radius 2 is 1.33 bits per heavy atom. The highest BCUT2D eigenvalue weighted by atomic mass is 16.3. The number of aliphatic hydroxyl groups excluding tert-OH is 2. The summed E-state index contributed by atoms with van der Waals surface area (Å²) in [5, 5.41) is 22.2. The Labute approximate surface area is 149 Å². The van der Waals surface area contributed by atoms with Gasteiger partial charge in [0.05, 0.1) is 18.8 Å². The summed E-state index contributed by atoms with van der Waals surface area (Å²) in [5.74, 6) is -0.0495. The van der Waals surface area contributed by atoms with Gasteiger partial charge >= 0.3 is 0 Å². The molecule has 2 atom stereocenters. The molecule has 0 radical (unpaired) electrons. The number of unbranched alkanes of at least 4 members (excludes halogenated alkanes) is 10. The van der Waals surface area contributed by atoms with Gasteiger partial charge in [-0.15, -0.1) is 0 Å². The molecule has 0 fully saturated rings. The average Bonchev–Trinajstić information content (AvgIpc) is 2.58. The van der Waals surface area contributed by atoms with Crippen molar-refractivity contribution in [3.63, 3.8) is 0 Å². The van der Waals surface area contributed by atoms with Crippen molar-refractivity contribution in [2.45, 2.75) is 116 Å². The summed E-state index contributed by atoms with van der Waals surface area (Å²) in [4.78, 5) is 11.9. The summed E-state index contributed by atoms with van der Waals surface area (Å²) in [6.45, 7) is 4.15. The summed E-state index contributed by atoms with van der Waals surface area (Å²) < 4.78 is 0. The molecule has 0 aliphatic carbocycles. The van der Waals surface area contributed by atoms with Gasteiger partial charge in [0.1, 0.15) is 0 Å². The third-order valence-corrected chi connectivity index (χ3v) is 4.62. The Balaban J connectivity index is 3.64. The highest BCUT2D eigenvalue weighted by molar-refractivity contribution is 5.76. The first-order valence-electron chi connectivity index (χ1n) is 10.2. The molecule has 0 bridgehead atoms. The van der Waals surface area contributed by atoms with Crippen LogP contribution in [-0.4, -0.2) is 34.9 Å². The molecule has 2 unspecified atom stereocenters. The fraction of sp³-hybridized carbons (Fsp3) is 0.950. The fourth-order valence-corrected chi connectivity index (χ4v) is 2.94. The Morgan fingerprint density at radius 1 is 0.833 bits per heavy atom. The van der Waals surface area contributed by atoms with E-state index in [1.54, 1.807) is 0 Å². The van der Waals surface area contributed by atoms with E-state index in [0.717, 1.165) is 32.1 Å². The molecule has 0 saturated heterocycles. The molecule has 0 rings (SSSR count). The zero-order valence-corrected chi connectivity index (χ0v) is 16.1. The van der Waals surface area contributed by atoms with E-state index in [1.165, 1.54) is 44.9 Å². The van der Waals surface area contributed by atoms with Crippen LogP contribution in [0.4, 0.5) is 0 Å². The van der Waals surface area contributed by atoms with Crippen LogP contribution in [0.2, 0.25) is 0 Å². The van der Waals surface area contributed by atoms with Gasteiger partial charge in [-0.3, -0.25) is 4.79 Å². The molecule has 0 saturated carbocycles. The summed E-state index contributed by atoms with van der Waals surface area (Å²) in [5.41, 5.74) is 0. The highest BCUT2D eigenvalue weighted by Crippen LogP contribution is 2.11. The third-order valence-electron chi connectivity index (χ3n) is 4.62. The van der Waals surface area contributed by atoms with E-state index in [9.17, 15) is 15.0 Å². The molecule has 0 spiro atoms. The van der Waals surface area contributed by atoms with Gasteiger partial charge in [0, 0.05) is 6.42 Å². The highest BCUT2D eigenvalue weighted by Gasteiger charge is 2.19. The lowest BCUT2D eigenvalue weighted by Crippen LogP contribution is -2.45. The van der Waals surface area contributed by atoms with E-state index >= 15 is 0 Å². The van der Waals surface area contributed by atoms with Gasteiger partial charge in [-0.25, -0.2) is 0 Å². The molecule has 0 aliphatic rings. The lowest BCUT2D eigenvalue weighted by Gasteiger charge is -2.22. The number of aliphatic hydroxyl groups is 2. The van der Waals surface area contributed by atoms with Crippen LogP contribution in [0, 0.1) is 0 Å². The Hall–Kier alpha value is -0.610. The number of carbonyl (C=O) groups is 1. The first kappa shape index (κ1) is 23.4. The van der Waals surface area contributed by atoms with Crippen LogP contribution in [0.1, 0.15) is 104 Å². The molecule has 0 aliphatic heterocycles. The van der Waals surface area contributed by atoms with Gasteiger partial charge in [0.25, 0.3) is 0 Å². The molecule has 0 aromatic carbocycles. The van der Waals surface area contributed by atoms with E-state index in [2.05, 4.69) is 19.2 Å². The van der Waals surface area contributed by atoms with Crippen LogP contribution < -0.4 is 5.32 Å². The minimum absolute atomic E-state index is 0.0495. The topological polar surface area (TPSA) is 69.6 Å². The third kappa shape index (κ3) is 13.8. The van der Waals surface area contributed by atoms with Gasteiger partial charge in [0.15, 0.2) is 0 Å². The molecule has 0 aromatic heterocycles. The molecule has 144 valence electrons. The second kappa shape index (κ2) is 17.2. The van der Waals surface area contributed by atoms with Crippen molar-refractivity contribution < 1.29 is 15.0 Å². The van der Waals surface area contributed by atoms with Gasteiger partial charge in [-0.1, -0.05) is 84.5 Å². The number of carbonyl (C=O) groups excluding carboxylic acids is 1.